The number of aromatic nitrogens is 1. The summed E-state index contributed by atoms with van der Waals surface area (Å²) in [4.78, 5) is 7.13. The largest absolute Gasteiger partial charge is 0.306 e. The zero-order valence-electron chi connectivity index (χ0n) is 11.0. The summed E-state index contributed by atoms with van der Waals surface area (Å²) in [5.74, 6) is 0. The van der Waals surface area contributed by atoms with Crippen LogP contribution < -0.4 is 5.32 Å². The zero-order chi connectivity index (χ0) is 12.5. The Morgan fingerprint density at radius 3 is 3.00 bits per heavy atom. The van der Waals surface area contributed by atoms with Crippen LogP contribution in [0.1, 0.15) is 17.3 Å². The second-order valence-corrected chi connectivity index (χ2v) is 5.20. The molecule has 2 heterocycles. The van der Waals surface area contributed by atoms with Gasteiger partial charge in [0.1, 0.15) is 0 Å². The van der Waals surface area contributed by atoms with E-state index in [-0.39, 0.29) is 0 Å². The van der Waals surface area contributed by atoms with E-state index in [0.29, 0.717) is 6.04 Å². The molecule has 1 aromatic carbocycles. The molecule has 1 aliphatic rings. The Morgan fingerprint density at radius 1 is 1.28 bits per heavy atom. The van der Waals surface area contributed by atoms with Crippen molar-refractivity contribution in [3.8, 4) is 0 Å². The van der Waals surface area contributed by atoms with Crippen molar-refractivity contribution in [2.75, 3.05) is 26.7 Å². The summed E-state index contributed by atoms with van der Waals surface area (Å²) in [6.07, 6.45) is 0. The van der Waals surface area contributed by atoms with Crippen LogP contribution in [0.2, 0.25) is 0 Å². The Morgan fingerprint density at radius 2 is 2.17 bits per heavy atom. The minimum Gasteiger partial charge on any atom is -0.306 e. The number of benzene rings is 1. The minimum absolute atomic E-state index is 0.356. The fourth-order valence-electron chi connectivity index (χ4n) is 2.55. The van der Waals surface area contributed by atoms with Gasteiger partial charge in [-0.1, -0.05) is 17.7 Å². The summed E-state index contributed by atoms with van der Waals surface area (Å²) in [5.41, 5.74) is 3.53. The van der Waals surface area contributed by atoms with Crippen molar-refractivity contribution in [3.05, 3.63) is 41.6 Å². The lowest BCUT2D eigenvalue weighted by atomic mass is 10.1. The molecular weight excluding hydrogens is 222 g/mol. The average Bonchev–Trinajstić information content (AvgIpc) is 2.38. The van der Waals surface area contributed by atoms with Crippen LogP contribution in [0.25, 0.3) is 10.9 Å². The minimum atomic E-state index is 0.356. The second-order valence-electron chi connectivity index (χ2n) is 5.20. The van der Waals surface area contributed by atoms with Crippen LogP contribution in [-0.4, -0.2) is 36.6 Å². The lowest BCUT2D eigenvalue weighted by Crippen LogP contribution is -2.43. The van der Waals surface area contributed by atoms with Gasteiger partial charge in [-0.05, 0) is 32.2 Å². The second kappa shape index (κ2) is 4.67. The van der Waals surface area contributed by atoms with Crippen molar-refractivity contribution in [2.45, 2.75) is 13.0 Å². The van der Waals surface area contributed by atoms with Crippen LogP contribution in [0.4, 0.5) is 0 Å². The van der Waals surface area contributed by atoms with Crippen LogP contribution in [0.5, 0.6) is 0 Å². The lowest BCUT2D eigenvalue weighted by Gasteiger charge is -2.30. The first-order valence-corrected chi connectivity index (χ1v) is 6.51. The molecule has 1 aliphatic heterocycles. The molecule has 94 valence electrons. The highest BCUT2D eigenvalue weighted by atomic mass is 15.2. The Bertz CT molecular complexity index is 565. The third kappa shape index (κ3) is 2.24. The number of hydrogen-bond acceptors (Lipinski definition) is 3. The summed E-state index contributed by atoms with van der Waals surface area (Å²) in [6, 6.07) is 11.1. The predicted molar refractivity (Wildman–Crippen MR) is 74.7 cm³/mol. The van der Waals surface area contributed by atoms with Crippen molar-refractivity contribution >= 4 is 10.9 Å². The van der Waals surface area contributed by atoms with E-state index in [1.165, 1.54) is 10.9 Å². The summed E-state index contributed by atoms with van der Waals surface area (Å²) in [7, 11) is 2.16. The fraction of sp³-hybridized carbons (Fsp3) is 0.400. The van der Waals surface area contributed by atoms with E-state index in [0.717, 1.165) is 30.8 Å². The zero-order valence-corrected chi connectivity index (χ0v) is 11.0. The van der Waals surface area contributed by atoms with Crippen molar-refractivity contribution in [1.82, 2.24) is 15.2 Å². The number of pyridine rings is 1. The Labute approximate surface area is 108 Å². The van der Waals surface area contributed by atoms with Gasteiger partial charge in [0.15, 0.2) is 0 Å². The van der Waals surface area contributed by atoms with Gasteiger partial charge in [0.2, 0.25) is 0 Å². The number of rotatable bonds is 1. The van der Waals surface area contributed by atoms with Gasteiger partial charge < -0.3 is 10.2 Å². The molecule has 1 aromatic heterocycles. The summed E-state index contributed by atoms with van der Waals surface area (Å²) in [6.45, 7) is 5.30. The molecule has 18 heavy (non-hydrogen) atoms. The number of aryl methyl sites for hydroxylation is 1. The molecule has 0 amide bonds. The fourth-order valence-corrected chi connectivity index (χ4v) is 2.55. The molecule has 1 fully saturated rings. The highest BCUT2D eigenvalue weighted by Gasteiger charge is 2.19. The van der Waals surface area contributed by atoms with Crippen LogP contribution in [0, 0.1) is 6.92 Å². The maximum absolute atomic E-state index is 4.79. The molecule has 3 rings (SSSR count). The van der Waals surface area contributed by atoms with Gasteiger partial charge >= 0.3 is 0 Å². The van der Waals surface area contributed by atoms with E-state index in [1.54, 1.807) is 0 Å². The SMILES string of the molecule is Cc1ccc2nc(C3CN(C)CCN3)ccc2c1. The molecule has 0 aliphatic carbocycles. The molecule has 1 saturated heterocycles. The number of piperazine rings is 1. The van der Waals surface area contributed by atoms with E-state index in [9.17, 15) is 0 Å². The van der Waals surface area contributed by atoms with Gasteiger partial charge in [-0.25, -0.2) is 0 Å². The molecule has 0 spiro atoms. The standard InChI is InChI=1S/C15H19N3/c1-11-3-5-13-12(9-11)4-6-14(17-13)15-10-18(2)8-7-16-15/h3-6,9,15-16H,7-8,10H2,1-2H3. The number of nitrogens with one attached hydrogen (secondary N) is 1. The van der Waals surface area contributed by atoms with Crippen molar-refractivity contribution in [2.24, 2.45) is 0 Å². The molecule has 3 heteroatoms. The van der Waals surface area contributed by atoms with E-state index >= 15 is 0 Å². The molecule has 1 N–H and O–H groups in total. The first-order valence-electron chi connectivity index (χ1n) is 6.51. The van der Waals surface area contributed by atoms with Crippen molar-refractivity contribution in [3.63, 3.8) is 0 Å². The Balaban J connectivity index is 1.95. The first-order chi connectivity index (χ1) is 8.72. The normalized spacial score (nSPS) is 21.3. The maximum Gasteiger partial charge on any atom is 0.0706 e. The molecule has 1 unspecified atom stereocenters. The molecule has 1 atom stereocenters. The smallest absolute Gasteiger partial charge is 0.0706 e. The van der Waals surface area contributed by atoms with E-state index in [1.807, 2.05) is 0 Å². The van der Waals surface area contributed by atoms with Crippen molar-refractivity contribution < 1.29 is 0 Å². The first kappa shape index (κ1) is 11.6. The highest BCUT2D eigenvalue weighted by Crippen LogP contribution is 2.19. The highest BCUT2D eigenvalue weighted by molar-refractivity contribution is 5.79. The number of fused-ring (bicyclic) bond motifs is 1. The monoisotopic (exact) mass is 241 g/mol. The third-order valence-corrected chi connectivity index (χ3v) is 3.60. The molecular formula is C15H19N3. The summed E-state index contributed by atoms with van der Waals surface area (Å²) >= 11 is 0. The number of hydrogen-bond donors (Lipinski definition) is 1. The van der Waals surface area contributed by atoms with Gasteiger partial charge in [0.05, 0.1) is 17.3 Å². The van der Waals surface area contributed by atoms with Gasteiger partial charge in [-0.15, -0.1) is 0 Å². The Hall–Kier alpha value is -1.45. The predicted octanol–water partition coefficient (Wildman–Crippen LogP) is 2.12. The van der Waals surface area contributed by atoms with E-state index < -0.39 is 0 Å². The lowest BCUT2D eigenvalue weighted by molar-refractivity contribution is 0.238. The summed E-state index contributed by atoms with van der Waals surface area (Å²) in [5, 5.41) is 4.76. The van der Waals surface area contributed by atoms with E-state index in [2.05, 4.69) is 54.5 Å². The molecule has 0 bridgehead atoms. The molecule has 0 saturated carbocycles. The van der Waals surface area contributed by atoms with E-state index in [4.69, 9.17) is 4.98 Å². The average molecular weight is 241 g/mol. The van der Waals surface area contributed by atoms with Gasteiger partial charge in [0, 0.05) is 25.0 Å². The van der Waals surface area contributed by atoms with Crippen LogP contribution in [0.15, 0.2) is 30.3 Å². The van der Waals surface area contributed by atoms with Gasteiger partial charge in [-0.3, -0.25) is 4.98 Å². The molecule has 2 aromatic rings. The van der Waals surface area contributed by atoms with Crippen LogP contribution >= 0.6 is 0 Å². The van der Waals surface area contributed by atoms with Crippen LogP contribution in [0.3, 0.4) is 0 Å². The third-order valence-electron chi connectivity index (χ3n) is 3.60. The van der Waals surface area contributed by atoms with Gasteiger partial charge in [-0.2, -0.15) is 0 Å². The molecule has 0 radical (unpaired) electrons. The van der Waals surface area contributed by atoms with Crippen LogP contribution in [-0.2, 0) is 0 Å². The maximum atomic E-state index is 4.79. The quantitative estimate of drug-likeness (QED) is 0.829. The summed E-state index contributed by atoms with van der Waals surface area (Å²) < 4.78 is 0. The van der Waals surface area contributed by atoms with Crippen molar-refractivity contribution in [1.29, 1.82) is 0 Å². The topological polar surface area (TPSA) is 28.2 Å². The number of nitrogens with zero attached hydrogens (tertiary/aromatic N) is 2. The Kier molecular flexibility index (Phi) is 3.02. The number of likely N-dealkylation sites (N-methyl/N-ethyl adjacent to an activating group) is 1. The van der Waals surface area contributed by atoms with Gasteiger partial charge in [0.25, 0.3) is 0 Å². The molecule has 3 nitrogen and oxygen atoms in total.